The van der Waals surface area contributed by atoms with Gasteiger partial charge in [-0.3, -0.25) is 0 Å². The quantitative estimate of drug-likeness (QED) is 0.579. The number of aliphatic hydroxyl groups is 1. The first kappa shape index (κ1) is 15.7. The molecule has 0 unspecified atom stereocenters. The van der Waals surface area contributed by atoms with Gasteiger partial charge in [0.05, 0.1) is 25.5 Å². The molecule has 0 saturated heterocycles. The fraction of sp³-hybridized carbons (Fsp3) is 0.250. The van der Waals surface area contributed by atoms with Crippen molar-refractivity contribution in [1.29, 1.82) is 0 Å². The lowest BCUT2D eigenvalue weighted by molar-refractivity contribution is 0.0992. The highest BCUT2D eigenvalue weighted by Crippen LogP contribution is 2.29. The van der Waals surface area contributed by atoms with Crippen LogP contribution in [0.1, 0.15) is 0 Å². The molecule has 3 aromatic heterocycles. The summed E-state index contributed by atoms with van der Waals surface area (Å²) in [5.41, 5.74) is 2.54. The molecule has 0 aliphatic rings. The summed E-state index contributed by atoms with van der Waals surface area (Å²) in [4.78, 5) is 12.0. The molecule has 0 radical (unpaired) electrons. The first-order valence-electron chi connectivity index (χ1n) is 7.30. The number of aromatic amines is 1. The van der Waals surface area contributed by atoms with Gasteiger partial charge in [-0.2, -0.15) is 0 Å². The number of nitrogens with zero attached hydrogens (tertiary/aromatic N) is 2. The Labute approximate surface area is 138 Å². The summed E-state index contributed by atoms with van der Waals surface area (Å²) in [5.74, 6) is 0.679. The Balaban J connectivity index is 1.80. The SMILES string of the molecule is OCCOCCNc1cc(Cl)cc(-c2c[nH]c3ncccc23)n1. The summed E-state index contributed by atoms with van der Waals surface area (Å²) in [7, 11) is 0. The van der Waals surface area contributed by atoms with Crippen molar-refractivity contribution < 1.29 is 9.84 Å². The van der Waals surface area contributed by atoms with Crippen LogP contribution in [0.25, 0.3) is 22.3 Å². The van der Waals surface area contributed by atoms with Crippen LogP contribution in [0, 0.1) is 0 Å². The predicted octanol–water partition coefficient (Wildman–Crippen LogP) is 2.70. The molecular formula is C16H17ClN4O2. The molecule has 6 nitrogen and oxygen atoms in total. The molecule has 0 fully saturated rings. The lowest BCUT2D eigenvalue weighted by Gasteiger charge is -2.08. The highest BCUT2D eigenvalue weighted by molar-refractivity contribution is 6.31. The normalized spacial score (nSPS) is 11.0. The molecule has 3 heterocycles. The van der Waals surface area contributed by atoms with Crippen LogP contribution in [-0.4, -0.2) is 46.4 Å². The minimum absolute atomic E-state index is 0.0220. The van der Waals surface area contributed by atoms with Gasteiger partial charge in [0.2, 0.25) is 0 Å². The third-order valence-corrected chi connectivity index (χ3v) is 3.52. The summed E-state index contributed by atoms with van der Waals surface area (Å²) in [5, 5.41) is 13.4. The van der Waals surface area contributed by atoms with Gasteiger partial charge in [0.15, 0.2) is 0 Å². The first-order valence-corrected chi connectivity index (χ1v) is 7.68. The molecule has 23 heavy (non-hydrogen) atoms. The maximum Gasteiger partial charge on any atom is 0.137 e. The number of pyridine rings is 2. The second-order valence-corrected chi connectivity index (χ2v) is 5.36. The molecule has 0 amide bonds. The predicted molar refractivity (Wildman–Crippen MR) is 90.7 cm³/mol. The van der Waals surface area contributed by atoms with Crippen molar-refractivity contribution in [2.75, 3.05) is 31.7 Å². The maximum atomic E-state index is 8.66. The Morgan fingerprint density at radius 2 is 2.22 bits per heavy atom. The van der Waals surface area contributed by atoms with Gasteiger partial charge in [0.1, 0.15) is 11.5 Å². The zero-order valence-corrected chi connectivity index (χ0v) is 13.2. The minimum atomic E-state index is 0.0220. The van der Waals surface area contributed by atoms with Gasteiger partial charge in [0.25, 0.3) is 0 Å². The molecule has 0 saturated carbocycles. The Morgan fingerprint density at radius 1 is 1.30 bits per heavy atom. The minimum Gasteiger partial charge on any atom is -0.394 e. The smallest absolute Gasteiger partial charge is 0.137 e. The Morgan fingerprint density at radius 3 is 3.09 bits per heavy atom. The summed E-state index contributed by atoms with van der Waals surface area (Å²) in [6.45, 7) is 1.43. The Bertz CT molecular complexity index is 791. The van der Waals surface area contributed by atoms with E-state index in [1.54, 1.807) is 12.3 Å². The van der Waals surface area contributed by atoms with Gasteiger partial charge in [-0.15, -0.1) is 0 Å². The standard InChI is InChI=1S/C16H17ClN4O2/c17-11-8-14(13-10-20-16-12(13)2-1-3-19-16)21-15(9-11)18-4-6-23-7-5-22/h1-3,8-10,22H,4-7H2,(H,18,21)(H,19,20). The number of ether oxygens (including phenoxy) is 1. The van der Waals surface area contributed by atoms with Crippen molar-refractivity contribution in [2.45, 2.75) is 0 Å². The summed E-state index contributed by atoms with van der Waals surface area (Å²) < 4.78 is 5.21. The van der Waals surface area contributed by atoms with Gasteiger partial charge < -0.3 is 20.1 Å². The second-order valence-electron chi connectivity index (χ2n) is 4.92. The third-order valence-electron chi connectivity index (χ3n) is 3.31. The van der Waals surface area contributed by atoms with Crippen LogP contribution in [0.15, 0.2) is 36.7 Å². The number of halogens is 1. The fourth-order valence-corrected chi connectivity index (χ4v) is 2.52. The number of fused-ring (bicyclic) bond motifs is 1. The highest BCUT2D eigenvalue weighted by Gasteiger charge is 2.10. The lowest BCUT2D eigenvalue weighted by Crippen LogP contribution is -2.12. The molecule has 120 valence electrons. The van der Waals surface area contributed by atoms with Crippen molar-refractivity contribution in [3.63, 3.8) is 0 Å². The highest BCUT2D eigenvalue weighted by atomic mass is 35.5. The molecule has 0 bridgehead atoms. The van der Waals surface area contributed by atoms with Gasteiger partial charge in [-0.1, -0.05) is 11.6 Å². The van der Waals surface area contributed by atoms with Crippen LogP contribution in [-0.2, 0) is 4.74 Å². The average molecular weight is 333 g/mol. The van der Waals surface area contributed by atoms with E-state index < -0.39 is 0 Å². The fourth-order valence-electron chi connectivity index (χ4n) is 2.31. The molecule has 3 rings (SSSR count). The van der Waals surface area contributed by atoms with E-state index in [0.29, 0.717) is 30.6 Å². The molecule has 0 aliphatic heterocycles. The monoisotopic (exact) mass is 332 g/mol. The third kappa shape index (κ3) is 3.79. The molecule has 0 spiro atoms. The van der Waals surface area contributed by atoms with Crippen molar-refractivity contribution in [3.8, 4) is 11.3 Å². The van der Waals surface area contributed by atoms with E-state index in [2.05, 4.69) is 20.3 Å². The van der Waals surface area contributed by atoms with Crippen molar-refractivity contribution >= 4 is 28.5 Å². The molecule has 3 N–H and O–H groups in total. The summed E-state index contributed by atoms with van der Waals surface area (Å²) in [6, 6.07) is 7.48. The molecule has 0 aromatic carbocycles. The van der Waals surface area contributed by atoms with Crippen LogP contribution in [0.3, 0.4) is 0 Å². The number of rotatable bonds is 7. The van der Waals surface area contributed by atoms with E-state index in [0.717, 1.165) is 22.3 Å². The van der Waals surface area contributed by atoms with E-state index in [1.807, 2.05) is 24.4 Å². The van der Waals surface area contributed by atoms with E-state index in [9.17, 15) is 0 Å². The molecule has 7 heteroatoms. The average Bonchev–Trinajstić information content (AvgIpc) is 2.98. The number of hydrogen-bond donors (Lipinski definition) is 3. The van der Waals surface area contributed by atoms with Crippen molar-refractivity contribution in [2.24, 2.45) is 0 Å². The van der Waals surface area contributed by atoms with Crippen LogP contribution in [0.2, 0.25) is 5.02 Å². The van der Waals surface area contributed by atoms with E-state index in [4.69, 9.17) is 21.4 Å². The second kappa shape index (κ2) is 7.41. The van der Waals surface area contributed by atoms with Crippen LogP contribution < -0.4 is 5.32 Å². The summed E-state index contributed by atoms with van der Waals surface area (Å²) in [6.07, 6.45) is 3.62. The zero-order chi connectivity index (χ0) is 16.1. The van der Waals surface area contributed by atoms with Gasteiger partial charge in [-0.25, -0.2) is 9.97 Å². The van der Waals surface area contributed by atoms with Gasteiger partial charge in [-0.05, 0) is 24.3 Å². The molecule has 0 aliphatic carbocycles. The number of nitrogens with one attached hydrogen (secondary N) is 2. The maximum absolute atomic E-state index is 8.66. The number of H-pyrrole nitrogens is 1. The first-order chi connectivity index (χ1) is 11.3. The van der Waals surface area contributed by atoms with E-state index in [-0.39, 0.29) is 6.61 Å². The molecular weight excluding hydrogens is 316 g/mol. The Hall–Kier alpha value is -2.15. The lowest BCUT2D eigenvalue weighted by atomic mass is 10.1. The van der Waals surface area contributed by atoms with Crippen LogP contribution >= 0.6 is 11.6 Å². The van der Waals surface area contributed by atoms with Crippen LogP contribution in [0.5, 0.6) is 0 Å². The number of aliphatic hydroxyl groups excluding tert-OH is 1. The number of hydrogen-bond acceptors (Lipinski definition) is 5. The topological polar surface area (TPSA) is 83.1 Å². The largest absolute Gasteiger partial charge is 0.394 e. The van der Waals surface area contributed by atoms with Crippen molar-refractivity contribution in [1.82, 2.24) is 15.0 Å². The Kier molecular flexibility index (Phi) is 5.07. The number of aromatic nitrogens is 3. The van der Waals surface area contributed by atoms with Crippen LogP contribution in [0.4, 0.5) is 5.82 Å². The molecule has 3 aromatic rings. The summed E-state index contributed by atoms with van der Waals surface area (Å²) >= 11 is 6.21. The van der Waals surface area contributed by atoms with Gasteiger partial charge in [0, 0.05) is 34.9 Å². The van der Waals surface area contributed by atoms with Gasteiger partial charge >= 0.3 is 0 Å². The van der Waals surface area contributed by atoms with Crippen molar-refractivity contribution in [3.05, 3.63) is 41.7 Å². The number of anilines is 1. The molecule has 0 atom stereocenters. The van der Waals surface area contributed by atoms with E-state index in [1.165, 1.54) is 0 Å². The van der Waals surface area contributed by atoms with E-state index >= 15 is 0 Å². The zero-order valence-electron chi connectivity index (χ0n) is 12.4.